The third-order valence-electron chi connectivity index (χ3n) is 2.08. The molecule has 0 aromatic heterocycles. The van der Waals surface area contributed by atoms with Crippen molar-refractivity contribution < 1.29 is 0 Å². The molecule has 0 aliphatic rings. The number of aryl methyl sites for hydroxylation is 3. The van der Waals surface area contributed by atoms with Gasteiger partial charge in [0.05, 0.1) is 0 Å². The van der Waals surface area contributed by atoms with E-state index >= 15 is 0 Å². The van der Waals surface area contributed by atoms with Gasteiger partial charge >= 0.3 is 0 Å². The van der Waals surface area contributed by atoms with Crippen molar-refractivity contribution in [3.05, 3.63) is 34.9 Å². The number of rotatable bonds is 2. The summed E-state index contributed by atoms with van der Waals surface area (Å²) < 4.78 is 0. The Bertz CT molecular complexity index is 236. The van der Waals surface area contributed by atoms with Crippen LogP contribution in [0.2, 0.25) is 0 Å². The summed E-state index contributed by atoms with van der Waals surface area (Å²) in [6.07, 6.45) is 2.21. The van der Waals surface area contributed by atoms with E-state index in [2.05, 4.69) is 39.0 Å². The van der Waals surface area contributed by atoms with Crippen molar-refractivity contribution in [3.63, 3.8) is 0 Å². The summed E-state index contributed by atoms with van der Waals surface area (Å²) in [5.41, 5.74) is 4.05. The SMILES string of the molecule is CCc1[c]c(C)c(CC)cc1. The second kappa shape index (κ2) is 3.56. The van der Waals surface area contributed by atoms with E-state index < -0.39 is 0 Å². The van der Waals surface area contributed by atoms with Crippen LogP contribution in [0.15, 0.2) is 12.1 Å². The molecule has 59 valence electrons. The van der Waals surface area contributed by atoms with Crippen LogP contribution < -0.4 is 0 Å². The van der Waals surface area contributed by atoms with Gasteiger partial charge in [-0.2, -0.15) is 0 Å². The molecule has 0 saturated carbocycles. The van der Waals surface area contributed by atoms with Gasteiger partial charge in [-0.15, -0.1) is 0 Å². The minimum absolute atomic E-state index is 1.09. The van der Waals surface area contributed by atoms with Crippen LogP contribution in [-0.2, 0) is 12.8 Å². The van der Waals surface area contributed by atoms with E-state index in [1.54, 1.807) is 0 Å². The Morgan fingerprint density at radius 1 is 1.18 bits per heavy atom. The molecule has 1 rings (SSSR count). The number of benzene rings is 1. The third-order valence-corrected chi connectivity index (χ3v) is 2.08. The molecule has 0 aliphatic heterocycles. The van der Waals surface area contributed by atoms with Gasteiger partial charge in [-0.25, -0.2) is 0 Å². The molecule has 1 radical (unpaired) electrons. The highest BCUT2D eigenvalue weighted by Gasteiger charge is 1.96. The van der Waals surface area contributed by atoms with Crippen molar-refractivity contribution in [1.82, 2.24) is 0 Å². The number of hydrogen-bond donors (Lipinski definition) is 0. The van der Waals surface area contributed by atoms with Gasteiger partial charge in [0.25, 0.3) is 0 Å². The highest BCUT2D eigenvalue weighted by Crippen LogP contribution is 2.10. The molecular formula is C11H15. The normalized spacial score (nSPS) is 10.1. The standard InChI is InChI=1S/C11H15/c1-4-10-6-7-11(5-2)9(3)8-10/h6-7H,4-5H2,1-3H3. The van der Waals surface area contributed by atoms with Gasteiger partial charge in [0, 0.05) is 0 Å². The Hall–Kier alpha value is -0.780. The average molecular weight is 147 g/mol. The zero-order valence-corrected chi connectivity index (χ0v) is 7.57. The van der Waals surface area contributed by atoms with Gasteiger partial charge < -0.3 is 0 Å². The molecule has 0 amide bonds. The van der Waals surface area contributed by atoms with Gasteiger partial charge in [0.15, 0.2) is 0 Å². The molecule has 0 nitrogen and oxygen atoms in total. The molecule has 0 bridgehead atoms. The summed E-state index contributed by atoms with van der Waals surface area (Å²) in [5.74, 6) is 0. The van der Waals surface area contributed by atoms with Crippen LogP contribution in [-0.4, -0.2) is 0 Å². The van der Waals surface area contributed by atoms with Gasteiger partial charge in [0.2, 0.25) is 0 Å². The molecule has 0 heterocycles. The zero-order valence-electron chi connectivity index (χ0n) is 7.57. The Morgan fingerprint density at radius 2 is 1.91 bits per heavy atom. The lowest BCUT2D eigenvalue weighted by Gasteiger charge is -2.03. The average Bonchev–Trinajstić information content (AvgIpc) is 2.04. The number of hydrogen-bond acceptors (Lipinski definition) is 0. The summed E-state index contributed by atoms with van der Waals surface area (Å²) in [6.45, 7) is 6.48. The fraction of sp³-hybridized carbons (Fsp3) is 0.455. The van der Waals surface area contributed by atoms with E-state index in [1.165, 1.54) is 16.7 Å². The molecule has 0 unspecified atom stereocenters. The van der Waals surface area contributed by atoms with Gasteiger partial charge in [-0.3, -0.25) is 0 Å². The van der Waals surface area contributed by atoms with E-state index in [-0.39, 0.29) is 0 Å². The second-order valence-electron chi connectivity index (χ2n) is 2.84. The smallest absolute Gasteiger partial charge is 0.0114 e. The lowest BCUT2D eigenvalue weighted by atomic mass is 10.0. The van der Waals surface area contributed by atoms with Crippen molar-refractivity contribution in [1.29, 1.82) is 0 Å². The van der Waals surface area contributed by atoms with E-state index in [0.29, 0.717) is 0 Å². The fourth-order valence-electron chi connectivity index (χ4n) is 1.28. The molecule has 0 saturated heterocycles. The van der Waals surface area contributed by atoms with Crippen LogP contribution in [0, 0.1) is 13.0 Å². The lowest BCUT2D eigenvalue weighted by Crippen LogP contribution is -1.89. The third kappa shape index (κ3) is 1.83. The van der Waals surface area contributed by atoms with Crippen LogP contribution in [0.5, 0.6) is 0 Å². The molecule has 0 spiro atoms. The Labute approximate surface area is 69.3 Å². The topological polar surface area (TPSA) is 0 Å². The minimum atomic E-state index is 1.09. The summed E-state index contributed by atoms with van der Waals surface area (Å²) in [7, 11) is 0. The van der Waals surface area contributed by atoms with Crippen LogP contribution in [0.3, 0.4) is 0 Å². The van der Waals surface area contributed by atoms with Crippen molar-refractivity contribution in [2.75, 3.05) is 0 Å². The second-order valence-corrected chi connectivity index (χ2v) is 2.84. The summed E-state index contributed by atoms with van der Waals surface area (Å²) in [4.78, 5) is 0. The van der Waals surface area contributed by atoms with Gasteiger partial charge in [0.1, 0.15) is 0 Å². The molecule has 0 fully saturated rings. The van der Waals surface area contributed by atoms with E-state index in [1.807, 2.05) is 0 Å². The molecule has 11 heavy (non-hydrogen) atoms. The predicted octanol–water partition coefficient (Wildman–Crippen LogP) is 2.92. The van der Waals surface area contributed by atoms with Crippen molar-refractivity contribution in [3.8, 4) is 0 Å². The predicted molar refractivity (Wildman–Crippen MR) is 48.8 cm³/mol. The van der Waals surface area contributed by atoms with Gasteiger partial charge in [-0.05, 0) is 42.5 Å². The Balaban J connectivity index is 2.99. The highest BCUT2D eigenvalue weighted by molar-refractivity contribution is 5.29. The first kappa shape index (κ1) is 8.32. The molecule has 0 atom stereocenters. The highest BCUT2D eigenvalue weighted by atomic mass is 14.0. The molecule has 0 N–H and O–H groups in total. The first-order valence-corrected chi connectivity index (χ1v) is 4.28. The molecule has 1 aromatic carbocycles. The maximum Gasteiger partial charge on any atom is -0.0114 e. The Morgan fingerprint density at radius 3 is 2.36 bits per heavy atom. The van der Waals surface area contributed by atoms with Gasteiger partial charge in [-0.1, -0.05) is 26.0 Å². The molecule has 0 aliphatic carbocycles. The first-order valence-electron chi connectivity index (χ1n) is 4.28. The summed E-state index contributed by atoms with van der Waals surface area (Å²) >= 11 is 0. The van der Waals surface area contributed by atoms with Crippen LogP contribution in [0.1, 0.15) is 30.5 Å². The Kier molecular flexibility index (Phi) is 2.70. The zero-order chi connectivity index (χ0) is 8.27. The molecule has 1 aromatic rings. The largest absolute Gasteiger partial charge is 0.0613 e. The van der Waals surface area contributed by atoms with Crippen molar-refractivity contribution in [2.45, 2.75) is 33.6 Å². The quantitative estimate of drug-likeness (QED) is 0.603. The molecule has 0 heteroatoms. The van der Waals surface area contributed by atoms with E-state index in [0.717, 1.165) is 12.8 Å². The van der Waals surface area contributed by atoms with Crippen LogP contribution in [0.4, 0.5) is 0 Å². The molecular weight excluding hydrogens is 132 g/mol. The maximum absolute atomic E-state index is 3.38. The van der Waals surface area contributed by atoms with Crippen molar-refractivity contribution in [2.24, 2.45) is 0 Å². The van der Waals surface area contributed by atoms with E-state index in [4.69, 9.17) is 0 Å². The maximum atomic E-state index is 3.38. The summed E-state index contributed by atoms with van der Waals surface area (Å²) in [5, 5.41) is 0. The van der Waals surface area contributed by atoms with E-state index in [9.17, 15) is 0 Å². The van der Waals surface area contributed by atoms with Crippen molar-refractivity contribution >= 4 is 0 Å². The monoisotopic (exact) mass is 147 g/mol. The minimum Gasteiger partial charge on any atom is -0.0613 e. The first-order chi connectivity index (χ1) is 5.27. The lowest BCUT2D eigenvalue weighted by molar-refractivity contribution is 1.07. The summed E-state index contributed by atoms with van der Waals surface area (Å²) in [6, 6.07) is 7.76. The van der Waals surface area contributed by atoms with Crippen LogP contribution in [0.25, 0.3) is 0 Å². The van der Waals surface area contributed by atoms with Crippen LogP contribution >= 0.6 is 0 Å². The fourth-order valence-corrected chi connectivity index (χ4v) is 1.28.